The van der Waals surface area contributed by atoms with E-state index in [1.165, 1.54) is 18.2 Å². The number of ether oxygens (including phenoxy) is 1. The molecular weight excluding hydrogens is 450 g/mol. The summed E-state index contributed by atoms with van der Waals surface area (Å²) in [6.07, 6.45) is -2.26. The van der Waals surface area contributed by atoms with E-state index >= 15 is 0 Å². The van der Waals surface area contributed by atoms with Crippen molar-refractivity contribution in [2.75, 3.05) is 11.1 Å². The number of rotatable bonds is 7. The molecule has 4 rings (SSSR count). The minimum absolute atomic E-state index is 0.0254. The maximum Gasteiger partial charge on any atom is 0.433 e. The number of nitrogens with one attached hydrogen (secondary N) is 1. The van der Waals surface area contributed by atoms with Crippen molar-refractivity contribution in [2.45, 2.75) is 19.0 Å². The number of benzene rings is 2. The lowest BCUT2D eigenvalue weighted by Gasteiger charge is -2.11. The van der Waals surface area contributed by atoms with Gasteiger partial charge in [-0.3, -0.25) is 4.98 Å². The van der Waals surface area contributed by atoms with E-state index in [0.29, 0.717) is 30.1 Å². The second-order valence-corrected chi connectivity index (χ2v) is 7.36. The molecule has 0 aliphatic carbocycles. The minimum atomic E-state index is -4.55. The van der Waals surface area contributed by atoms with Gasteiger partial charge in [0, 0.05) is 29.7 Å². The molecule has 0 spiro atoms. The van der Waals surface area contributed by atoms with Gasteiger partial charge in [-0.25, -0.2) is 9.37 Å². The monoisotopic (exact) mass is 469 g/mol. The summed E-state index contributed by atoms with van der Waals surface area (Å²) in [6.45, 7) is 0. The highest BCUT2D eigenvalue weighted by Crippen LogP contribution is 2.31. The number of halogens is 4. The summed E-state index contributed by atoms with van der Waals surface area (Å²) in [4.78, 5) is 11.7. The Balaban J connectivity index is 1.40. The Morgan fingerprint density at radius 1 is 0.853 bits per heavy atom. The first-order valence-electron chi connectivity index (χ1n) is 10.2. The van der Waals surface area contributed by atoms with Crippen LogP contribution >= 0.6 is 0 Å². The second-order valence-electron chi connectivity index (χ2n) is 7.36. The van der Waals surface area contributed by atoms with Crippen molar-refractivity contribution >= 4 is 17.5 Å². The van der Waals surface area contributed by atoms with Crippen molar-refractivity contribution in [2.24, 2.45) is 0 Å². The van der Waals surface area contributed by atoms with Crippen LogP contribution in [0.2, 0.25) is 0 Å². The fourth-order valence-electron chi connectivity index (χ4n) is 3.15. The maximum atomic E-state index is 13.1. The van der Waals surface area contributed by atoms with Gasteiger partial charge in [0.25, 0.3) is 0 Å². The number of nitrogens with zero attached hydrogens (tertiary/aromatic N) is 3. The third kappa shape index (κ3) is 6.18. The van der Waals surface area contributed by atoms with Crippen LogP contribution in [0.5, 0.6) is 11.5 Å². The van der Waals surface area contributed by atoms with Crippen molar-refractivity contribution in [3.05, 3.63) is 95.7 Å². The smallest absolute Gasteiger partial charge is 0.433 e. The number of anilines is 3. The van der Waals surface area contributed by atoms with E-state index in [2.05, 4.69) is 20.3 Å². The number of alkyl halides is 3. The van der Waals surface area contributed by atoms with Gasteiger partial charge >= 0.3 is 6.18 Å². The van der Waals surface area contributed by atoms with Gasteiger partial charge in [0.1, 0.15) is 28.8 Å². The zero-order chi connectivity index (χ0) is 24.1. The maximum absolute atomic E-state index is 13.1. The average molecular weight is 469 g/mol. The third-order valence-corrected chi connectivity index (χ3v) is 4.76. The van der Waals surface area contributed by atoms with Gasteiger partial charge in [-0.15, -0.1) is 0 Å². The molecule has 174 valence electrons. The Morgan fingerprint density at radius 2 is 1.59 bits per heavy atom. The van der Waals surface area contributed by atoms with Crippen molar-refractivity contribution in [3.63, 3.8) is 0 Å². The quantitative estimate of drug-likeness (QED) is 0.326. The van der Waals surface area contributed by atoms with Crippen LogP contribution in [0, 0.1) is 5.82 Å². The standard InChI is InChI=1S/C24H19F4N5O/c25-16-4-1-15(2-5-16)3-6-18-13-22(33-23(29)32-18)31-17-7-9-19(10-8-17)34-20-11-12-30-21(14-20)24(26,27)28/h1-2,4-5,7-14H,3,6H2,(H3,29,31,32,33). The summed E-state index contributed by atoms with van der Waals surface area (Å²) < 4.78 is 57.0. The molecule has 0 fully saturated rings. The second kappa shape index (κ2) is 9.74. The molecule has 0 amide bonds. The summed E-state index contributed by atoms with van der Waals surface area (Å²) in [6, 6.07) is 16.8. The summed E-state index contributed by atoms with van der Waals surface area (Å²) in [5.74, 6) is 0.686. The van der Waals surface area contributed by atoms with Crippen molar-refractivity contribution in [3.8, 4) is 11.5 Å². The molecule has 0 aliphatic heterocycles. The number of nitrogens with two attached hydrogens (primary N) is 1. The lowest BCUT2D eigenvalue weighted by molar-refractivity contribution is -0.141. The van der Waals surface area contributed by atoms with Gasteiger partial charge < -0.3 is 15.8 Å². The summed E-state index contributed by atoms with van der Waals surface area (Å²) in [5.41, 5.74) is 7.17. The normalized spacial score (nSPS) is 11.3. The van der Waals surface area contributed by atoms with Crippen molar-refractivity contribution in [1.82, 2.24) is 15.0 Å². The fourth-order valence-corrected chi connectivity index (χ4v) is 3.15. The largest absolute Gasteiger partial charge is 0.457 e. The highest BCUT2D eigenvalue weighted by atomic mass is 19.4. The molecule has 3 N–H and O–H groups in total. The van der Waals surface area contributed by atoms with E-state index in [-0.39, 0.29) is 17.5 Å². The third-order valence-electron chi connectivity index (χ3n) is 4.76. The number of aryl methyl sites for hydroxylation is 2. The number of hydrogen-bond acceptors (Lipinski definition) is 6. The molecule has 10 heteroatoms. The number of nitrogen functional groups attached to an aromatic ring is 1. The van der Waals surface area contributed by atoms with E-state index < -0.39 is 11.9 Å². The van der Waals surface area contributed by atoms with E-state index in [0.717, 1.165) is 23.5 Å². The summed E-state index contributed by atoms with van der Waals surface area (Å²) in [7, 11) is 0. The average Bonchev–Trinajstić information content (AvgIpc) is 2.79. The Morgan fingerprint density at radius 3 is 2.29 bits per heavy atom. The molecule has 6 nitrogen and oxygen atoms in total. The van der Waals surface area contributed by atoms with Crippen LogP contribution < -0.4 is 15.8 Å². The first-order chi connectivity index (χ1) is 16.2. The summed E-state index contributed by atoms with van der Waals surface area (Å²) in [5, 5.41) is 3.12. The molecule has 2 aromatic heterocycles. The van der Waals surface area contributed by atoms with Crippen LogP contribution in [0.1, 0.15) is 17.0 Å². The minimum Gasteiger partial charge on any atom is -0.457 e. The van der Waals surface area contributed by atoms with Gasteiger partial charge in [-0.2, -0.15) is 18.2 Å². The Labute approximate surface area is 192 Å². The van der Waals surface area contributed by atoms with E-state index in [9.17, 15) is 17.6 Å². The lowest BCUT2D eigenvalue weighted by Crippen LogP contribution is -2.07. The Hall–Kier alpha value is -4.21. The molecule has 0 aliphatic rings. The zero-order valence-electron chi connectivity index (χ0n) is 17.7. The Kier molecular flexibility index (Phi) is 6.58. The number of hydrogen-bond donors (Lipinski definition) is 2. The molecule has 0 radical (unpaired) electrons. The van der Waals surface area contributed by atoms with Gasteiger partial charge in [0.2, 0.25) is 5.95 Å². The molecular formula is C24H19F4N5O. The van der Waals surface area contributed by atoms with Crippen LogP contribution in [-0.4, -0.2) is 15.0 Å². The zero-order valence-corrected chi connectivity index (χ0v) is 17.7. The predicted molar refractivity (Wildman–Crippen MR) is 119 cm³/mol. The number of aromatic nitrogens is 3. The topological polar surface area (TPSA) is 86.0 Å². The molecule has 0 saturated heterocycles. The van der Waals surface area contributed by atoms with Gasteiger partial charge in [0.15, 0.2) is 0 Å². The first kappa shape index (κ1) is 23.0. The fraction of sp³-hybridized carbons (Fsp3) is 0.125. The molecule has 0 bridgehead atoms. The first-order valence-corrected chi connectivity index (χ1v) is 10.2. The van der Waals surface area contributed by atoms with E-state index in [1.807, 2.05) is 0 Å². The van der Waals surface area contributed by atoms with E-state index in [1.54, 1.807) is 42.5 Å². The molecule has 2 aromatic carbocycles. The van der Waals surface area contributed by atoms with Gasteiger partial charge in [0.05, 0.1) is 0 Å². The molecule has 0 saturated carbocycles. The summed E-state index contributed by atoms with van der Waals surface area (Å²) >= 11 is 0. The van der Waals surface area contributed by atoms with Crippen LogP contribution in [0.25, 0.3) is 0 Å². The molecule has 0 atom stereocenters. The van der Waals surface area contributed by atoms with Crippen LogP contribution in [-0.2, 0) is 19.0 Å². The van der Waals surface area contributed by atoms with Crippen LogP contribution in [0.15, 0.2) is 72.9 Å². The molecule has 2 heterocycles. The lowest BCUT2D eigenvalue weighted by atomic mass is 10.1. The van der Waals surface area contributed by atoms with Crippen LogP contribution in [0.3, 0.4) is 0 Å². The van der Waals surface area contributed by atoms with Gasteiger partial charge in [-0.05, 0) is 60.9 Å². The van der Waals surface area contributed by atoms with Crippen LogP contribution in [0.4, 0.5) is 35.0 Å². The Bertz CT molecular complexity index is 1260. The highest BCUT2D eigenvalue weighted by Gasteiger charge is 2.32. The van der Waals surface area contributed by atoms with E-state index in [4.69, 9.17) is 10.5 Å². The van der Waals surface area contributed by atoms with Gasteiger partial charge in [-0.1, -0.05) is 12.1 Å². The molecule has 34 heavy (non-hydrogen) atoms. The van der Waals surface area contributed by atoms with Crippen molar-refractivity contribution < 1.29 is 22.3 Å². The SMILES string of the molecule is Nc1nc(CCc2ccc(F)cc2)cc(Nc2ccc(Oc3ccnc(C(F)(F)F)c3)cc2)n1. The number of pyridine rings is 1. The molecule has 0 unspecified atom stereocenters. The highest BCUT2D eigenvalue weighted by molar-refractivity contribution is 5.58. The van der Waals surface area contributed by atoms with Crippen molar-refractivity contribution in [1.29, 1.82) is 0 Å². The molecule has 4 aromatic rings. The predicted octanol–water partition coefficient (Wildman–Crippen LogP) is 5.93.